The highest BCUT2D eigenvalue weighted by atomic mass is 15.2. The molecule has 0 aliphatic rings. The van der Waals surface area contributed by atoms with E-state index in [2.05, 4.69) is 34.5 Å². The van der Waals surface area contributed by atoms with Crippen molar-refractivity contribution in [3.05, 3.63) is 24.5 Å². The summed E-state index contributed by atoms with van der Waals surface area (Å²) >= 11 is 0. The highest BCUT2D eigenvalue weighted by Crippen LogP contribution is 2.03. The van der Waals surface area contributed by atoms with Gasteiger partial charge in [0.25, 0.3) is 0 Å². The molecule has 90 valence electrons. The Morgan fingerprint density at radius 1 is 1.53 bits per heavy atom. The lowest BCUT2D eigenvalue weighted by Gasteiger charge is -2.17. The van der Waals surface area contributed by atoms with E-state index < -0.39 is 0 Å². The molecule has 1 aromatic rings. The van der Waals surface area contributed by atoms with Crippen LogP contribution in [0, 0.1) is 11.5 Å². The van der Waals surface area contributed by atoms with Crippen LogP contribution in [0.2, 0.25) is 0 Å². The third-order valence-electron chi connectivity index (χ3n) is 2.41. The van der Waals surface area contributed by atoms with Crippen molar-refractivity contribution in [1.82, 2.24) is 10.3 Å². The smallest absolute Gasteiger partial charge is 0.212 e. The molecule has 1 aromatic heterocycles. The third-order valence-corrected chi connectivity index (χ3v) is 2.41. The summed E-state index contributed by atoms with van der Waals surface area (Å²) in [7, 11) is 0. The minimum atomic E-state index is 0.311. The lowest BCUT2D eigenvalue weighted by molar-refractivity contribution is 0.569. The van der Waals surface area contributed by atoms with Crippen molar-refractivity contribution in [1.29, 1.82) is 5.26 Å². The maximum Gasteiger partial charge on any atom is 0.212 e. The monoisotopic (exact) mass is 231 g/mol. The lowest BCUT2D eigenvalue weighted by atomic mass is 10.2. The van der Waals surface area contributed by atoms with E-state index >= 15 is 0 Å². The highest BCUT2D eigenvalue weighted by molar-refractivity contribution is 5.94. The van der Waals surface area contributed by atoms with E-state index in [9.17, 15) is 0 Å². The zero-order valence-corrected chi connectivity index (χ0v) is 10.1. The molecule has 0 bridgehead atoms. The van der Waals surface area contributed by atoms with Gasteiger partial charge in [-0.05, 0) is 25.0 Å². The number of aromatic nitrogens is 1. The first kappa shape index (κ1) is 13.0. The molecule has 0 saturated carbocycles. The van der Waals surface area contributed by atoms with E-state index in [1.165, 1.54) is 0 Å². The Morgan fingerprint density at radius 3 is 2.82 bits per heavy atom. The van der Waals surface area contributed by atoms with E-state index in [0.717, 1.165) is 18.5 Å². The van der Waals surface area contributed by atoms with Crippen molar-refractivity contribution in [2.75, 3.05) is 5.32 Å². The zero-order chi connectivity index (χ0) is 12.5. The second-order valence-corrected chi connectivity index (χ2v) is 3.58. The second kappa shape index (κ2) is 7.23. The topological polar surface area (TPSA) is 73.1 Å². The van der Waals surface area contributed by atoms with Gasteiger partial charge in [-0.3, -0.25) is 4.98 Å². The number of pyridine rings is 1. The predicted octanol–water partition coefficient (Wildman–Crippen LogP) is 2.11. The molecular weight excluding hydrogens is 214 g/mol. The van der Waals surface area contributed by atoms with Crippen LogP contribution in [0.25, 0.3) is 0 Å². The molecule has 5 nitrogen and oxygen atoms in total. The molecule has 0 saturated heterocycles. The Balaban J connectivity index is 2.68. The minimum Gasteiger partial charge on any atom is -0.352 e. The maximum atomic E-state index is 8.64. The summed E-state index contributed by atoms with van der Waals surface area (Å²) in [6.07, 6.45) is 7.12. The Morgan fingerprint density at radius 2 is 2.29 bits per heavy atom. The van der Waals surface area contributed by atoms with Crippen molar-refractivity contribution in [3.8, 4) is 6.19 Å². The fraction of sp³-hybridized carbons (Fsp3) is 0.417. The quantitative estimate of drug-likeness (QED) is 0.473. The number of aliphatic imine (C=N–C) groups is 1. The predicted molar refractivity (Wildman–Crippen MR) is 68.4 cm³/mol. The van der Waals surface area contributed by atoms with Gasteiger partial charge in [-0.15, -0.1) is 4.99 Å². The molecule has 0 aromatic carbocycles. The van der Waals surface area contributed by atoms with Gasteiger partial charge in [-0.2, -0.15) is 5.26 Å². The van der Waals surface area contributed by atoms with E-state index in [4.69, 9.17) is 5.26 Å². The number of hydrogen-bond donors (Lipinski definition) is 2. The van der Waals surface area contributed by atoms with Crippen LogP contribution in [0.1, 0.15) is 26.7 Å². The van der Waals surface area contributed by atoms with Crippen LogP contribution >= 0.6 is 0 Å². The molecule has 0 unspecified atom stereocenters. The molecule has 0 aliphatic carbocycles. The normalized spacial score (nSPS) is 11.1. The third kappa shape index (κ3) is 4.51. The molecule has 5 heteroatoms. The van der Waals surface area contributed by atoms with Crippen LogP contribution in [0.4, 0.5) is 5.69 Å². The Labute approximate surface area is 102 Å². The molecule has 1 heterocycles. The van der Waals surface area contributed by atoms with E-state index in [0.29, 0.717) is 12.0 Å². The van der Waals surface area contributed by atoms with Crippen molar-refractivity contribution in [2.24, 2.45) is 4.99 Å². The molecule has 1 rings (SSSR count). The van der Waals surface area contributed by atoms with Crippen LogP contribution in [-0.4, -0.2) is 17.0 Å². The van der Waals surface area contributed by atoms with Crippen LogP contribution in [0.3, 0.4) is 0 Å². The molecule has 17 heavy (non-hydrogen) atoms. The zero-order valence-electron chi connectivity index (χ0n) is 10.1. The number of nitriles is 1. The van der Waals surface area contributed by atoms with Gasteiger partial charge < -0.3 is 10.6 Å². The number of hydrogen-bond acceptors (Lipinski definition) is 3. The molecule has 0 fully saturated rings. The van der Waals surface area contributed by atoms with E-state index in [1.54, 1.807) is 18.6 Å². The average Bonchev–Trinajstić information content (AvgIpc) is 2.37. The molecule has 0 atom stereocenters. The van der Waals surface area contributed by atoms with Gasteiger partial charge in [0, 0.05) is 12.2 Å². The average molecular weight is 231 g/mol. The molecular formula is C12H17N5. The fourth-order valence-corrected chi connectivity index (χ4v) is 1.41. The number of nitrogens with one attached hydrogen (secondary N) is 2. The lowest BCUT2D eigenvalue weighted by Crippen LogP contribution is -2.38. The second-order valence-electron chi connectivity index (χ2n) is 3.58. The van der Waals surface area contributed by atoms with Gasteiger partial charge in [-0.25, -0.2) is 0 Å². The number of anilines is 1. The SMILES string of the molecule is CCC(CC)NC(=NC#N)Nc1cccnc1. The summed E-state index contributed by atoms with van der Waals surface area (Å²) in [5.41, 5.74) is 0.806. The summed E-state index contributed by atoms with van der Waals surface area (Å²) in [5.74, 6) is 0.467. The van der Waals surface area contributed by atoms with Crippen molar-refractivity contribution in [2.45, 2.75) is 32.7 Å². The van der Waals surface area contributed by atoms with E-state index in [1.807, 2.05) is 12.1 Å². The highest BCUT2D eigenvalue weighted by Gasteiger charge is 2.06. The molecule has 0 spiro atoms. The Bertz CT molecular complexity index is 389. The summed E-state index contributed by atoms with van der Waals surface area (Å²) in [5, 5.41) is 14.9. The van der Waals surface area contributed by atoms with Crippen LogP contribution < -0.4 is 10.6 Å². The number of nitrogens with zero attached hydrogens (tertiary/aromatic N) is 3. The van der Waals surface area contributed by atoms with Crippen molar-refractivity contribution in [3.63, 3.8) is 0 Å². The fourth-order valence-electron chi connectivity index (χ4n) is 1.41. The van der Waals surface area contributed by atoms with Gasteiger partial charge >= 0.3 is 0 Å². The molecule has 0 amide bonds. The van der Waals surface area contributed by atoms with Crippen LogP contribution in [0.15, 0.2) is 29.5 Å². The first-order valence-electron chi connectivity index (χ1n) is 5.70. The molecule has 0 radical (unpaired) electrons. The van der Waals surface area contributed by atoms with Crippen molar-refractivity contribution >= 4 is 11.6 Å². The summed E-state index contributed by atoms with van der Waals surface area (Å²) < 4.78 is 0. The minimum absolute atomic E-state index is 0.311. The number of guanidine groups is 1. The van der Waals surface area contributed by atoms with Crippen LogP contribution in [-0.2, 0) is 0 Å². The Hall–Kier alpha value is -2.09. The largest absolute Gasteiger partial charge is 0.352 e. The van der Waals surface area contributed by atoms with Gasteiger partial charge in [0.05, 0.1) is 11.9 Å². The van der Waals surface area contributed by atoms with Gasteiger partial charge in [-0.1, -0.05) is 13.8 Å². The summed E-state index contributed by atoms with van der Waals surface area (Å²) in [4.78, 5) is 7.72. The van der Waals surface area contributed by atoms with Crippen LogP contribution in [0.5, 0.6) is 0 Å². The first-order valence-corrected chi connectivity index (χ1v) is 5.70. The van der Waals surface area contributed by atoms with Gasteiger partial charge in [0.2, 0.25) is 12.2 Å². The molecule has 0 aliphatic heterocycles. The van der Waals surface area contributed by atoms with E-state index in [-0.39, 0.29) is 0 Å². The van der Waals surface area contributed by atoms with Gasteiger partial charge in [0.1, 0.15) is 0 Å². The van der Waals surface area contributed by atoms with Gasteiger partial charge in [0.15, 0.2) is 0 Å². The summed E-state index contributed by atoms with van der Waals surface area (Å²) in [6, 6.07) is 4.00. The molecule has 2 N–H and O–H groups in total. The first-order chi connectivity index (χ1) is 8.30. The maximum absolute atomic E-state index is 8.64. The number of rotatable bonds is 4. The van der Waals surface area contributed by atoms with Crippen molar-refractivity contribution < 1.29 is 0 Å². The Kier molecular flexibility index (Phi) is 5.52. The summed E-state index contributed by atoms with van der Waals surface area (Å²) in [6.45, 7) is 4.18. The standard InChI is InChI=1S/C12H17N5/c1-3-10(4-2)16-12(15-9-13)17-11-6-5-7-14-8-11/h5-8,10H,3-4H2,1-2H3,(H2,15,16,17).